The Labute approximate surface area is 183 Å². The van der Waals surface area contributed by atoms with E-state index in [0.717, 1.165) is 27.0 Å². The number of phenols is 1. The van der Waals surface area contributed by atoms with Gasteiger partial charge in [0.1, 0.15) is 11.5 Å². The van der Waals surface area contributed by atoms with Crippen LogP contribution in [0.5, 0.6) is 11.5 Å². The normalized spacial score (nSPS) is 14.9. The number of aromatic hydroxyl groups is 1. The molecule has 1 aliphatic rings. The molecule has 0 fully saturated rings. The Bertz CT molecular complexity index is 1150. The van der Waals surface area contributed by atoms with Crippen molar-refractivity contribution in [2.45, 2.75) is 6.92 Å². The first-order valence-electron chi connectivity index (χ1n) is 9.62. The quantitative estimate of drug-likeness (QED) is 0.472. The number of hydrogen-bond acceptors (Lipinski definition) is 3. The zero-order valence-electron chi connectivity index (χ0n) is 16.4. The molecule has 0 aromatic heterocycles. The maximum absolute atomic E-state index is 13.4. The second-order valence-corrected chi connectivity index (χ2v) is 7.60. The number of para-hydroxylation sites is 2. The molecule has 0 spiro atoms. The number of benzene rings is 3. The summed E-state index contributed by atoms with van der Waals surface area (Å²) in [6.45, 7) is 2.51. The lowest BCUT2D eigenvalue weighted by molar-refractivity contribution is -0.113. The first-order valence-corrected chi connectivity index (χ1v) is 10.4. The predicted molar refractivity (Wildman–Crippen MR) is 123 cm³/mol. The van der Waals surface area contributed by atoms with Crippen molar-refractivity contribution in [3.05, 3.63) is 100 Å². The minimum absolute atomic E-state index is 0.0535. The summed E-state index contributed by atoms with van der Waals surface area (Å²) in [6, 6.07) is 22.2. The summed E-state index contributed by atoms with van der Waals surface area (Å²) < 4.78 is 6.39. The van der Waals surface area contributed by atoms with E-state index in [1.54, 1.807) is 29.2 Å². The van der Waals surface area contributed by atoms with E-state index in [1.165, 1.54) is 0 Å². The molecule has 1 amide bonds. The summed E-state index contributed by atoms with van der Waals surface area (Å²) in [5.74, 6) is 0.617. The van der Waals surface area contributed by atoms with Crippen molar-refractivity contribution < 1.29 is 14.6 Å². The number of amides is 1. The molecule has 4 nitrogen and oxygen atoms in total. The van der Waals surface area contributed by atoms with Gasteiger partial charge in [-0.25, -0.2) is 0 Å². The van der Waals surface area contributed by atoms with Crippen molar-refractivity contribution in [3.63, 3.8) is 0 Å². The Hall–Kier alpha value is -3.31. The van der Waals surface area contributed by atoms with Gasteiger partial charge in [-0.1, -0.05) is 48.5 Å². The lowest BCUT2D eigenvalue weighted by Crippen LogP contribution is -2.25. The average molecular weight is 462 g/mol. The van der Waals surface area contributed by atoms with E-state index in [-0.39, 0.29) is 11.7 Å². The molecule has 5 heteroatoms. The highest BCUT2D eigenvalue weighted by Crippen LogP contribution is 2.39. The third-order valence-corrected chi connectivity index (χ3v) is 5.37. The molecule has 0 saturated carbocycles. The van der Waals surface area contributed by atoms with Crippen LogP contribution in [0, 0.1) is 0 Å². The van der Waals surface area contributed by atoms with Crippen molar-refractivity contribution in [1.29, 1.82) is 0 Å². The Morgan fingerprint density at radius 3 is 2.47 bits per heavy atom. The third-order valence-electron chi connectivity index (χ3n) is 4.75. The number of anilines is 1. The average Bonchev–Trinajstić information content (AvgIpc) is 3.07. The van der Waals surface area contributed by atoms with Gasteiger partial charge < -0.3 is 9.84 Å². The highest BCUT2D eigenvalue weighted by Gasteiger charge is 2.31. The number of carbonyl (C=O) groups excluding carboxylic acids is 1. The van der Waals surface area contributed by atoms with E-state index in [1.807, 2.05) is 67.6 Å². The van der Waals surface area contributed by atoms with Crippen LogP contribution in [0.3, 0.4) is 0 Å². The fraction of sp³-hybridized carbons (Fsp3) is 0.0800. The molecule has 0 bridgehead atoms. The number of nitrogens with zero attached hydrogens (tertiary/aromatic N) is 1. The smallest absolute Gasteiger partial charge is 0.263 e. The van der Waals surface area contributed by atoms with E-state index in [4.69, 9.17) is 4.74 Å². The van der Waals surface area contributed by atoms with Gasteiger partial charge in [-0.3, -0.25) is 9.69 Å². The number of carbonyl (C=O) groups is 1. The van der Waals surface area contributed by atoms with Gasteiger partial charge in [-0.15, -0.1) is 0 Å². The van der Waals surface area contributed by atoms with Crippen LogP contribution < -0.4 is 9.64 Å². The van der Waals surface area contributed by atoms with E-state index < -0.39 is 0 Å². The first-order chi connectivity index (χ1) is 14.6. The molecule has 0 aliphatic carbocycles. The van der Waals surface area contributed by atoms with Gasteiger partial charge in [0.2, 0.25) is 0 Å². The van der Waals surface area contributed by atoms with Crippen LogP contribution in [-0.2, 0) is 4.79 Å². The molecule has 0 atom stereocenters. The van der Waals surface area contributed by atoms with Gasteiger partial charge in [-0.2, -0.15) is 0 Å². The van der Waals surface area contributed by atoms with Crippen LogP contribution >= 0.6 is 15.9 Å². The highest BCUT2D eigenvalue weighted by atomic mass is 79.9. The summed E-state index contributed by atoms with van der Waals surface area (Å²) in [7, 11) is 0. The molecule has 30 heavy (non-hydrogen) atoms. The van der Waals surface area contributed by atoms with Crippen LogP contribution in [0.15, 0.2) is 88.9 Å². The zero-order chi connectivity index (χ0) is 21.1. The molecule has 0 unspecified atom stereocenters. The van der Waals surface area contributed by atoms with Crippen LogP contribution in [-0.4, -0.2) is 17.6 Å². The van der Waals surface area contributed by atoms with Gasteiger partial charge in [0.25, 0.3) is 5.91 Å². The monoisotopic (exact) mass is 461 g/mol. The minimum Gasteiger partial charge on any atom is -0.506 e. The van der Waals surface area contributed by atoms with Crippen LogP contribution in [0.4, 0.5) is 5.69 Å². The third kappa shape index (κ3) is 3.89. The number of rotatable bonds is 5. The molecule has 0 radical (unpaired) electrons. The van der Waals surface area contributed by atoms with Crippen molar-refractivity contribution in [3.8, 4) is 11.5 Å². The summed E-state index contributed by atoms with van der Waals surface area (Å²) in [6.07, 6.45) is 3.69. The van der Waals surface area contributed by atoms with Gasteiger partial charge >= 0.3 is 0 Å². The molecule has 1 N–H and O–H groups in total. The topological polar surface area (TPSA) is 49.8 Å². The molecule has 3 aromatic rings. The predicted octanol–water partition coefficient (Wildman–Crippen LogP) is 6.02. The van der Waals surface area contributed by atoms with Gasteiger partial charge in [0.05, 0.1) is 22.5 Å². The molecule has 1 heterocycles. The van der Waals surface area contributed by atoms with Gasteiger partial charge in [0.15, 0.2) is 0 Å². The number of ether oxygens (including phenoxy) is 1. The number of halogens is 1. The van der Waals surface area contributed by atoms with E-state index in [9.17, 15) is 9.90 Å². The SMILES string of the molecule is CCOc1ccc(/C=C2\C=C(c3ccccc3)N(c3ccccc3O)C2=O)cc1Br. The standard InChI is InChI=1S/C25H20BrNO3/c1-2-30-24-13-12-17(15-20(24)26)14-19-16-22(18-8-4-3-5-9-18)27(25(19)29)21-10-6-7-11-23(21)28/h3-16,28H,2H2,1H3/b19-14+. The van der Waals surface area contributed by atoms with E-state index >= 15 is 0 Å². The van der Waals surface area contributed by atoms with Crippen LogP contribution in [0.25, 0.3) is 11.8 Å². The van der Waals surface area contributed by atoms with Gasteiger partial charge in [-0.05, 0) is 70.4 Å². The van der Waals surface area contributed by atoms with E-state index in [0.29, 0.717) is 17.9 Å². The second-order valence-electron chi connectivity index (χ2n) is 6.75. The summed E-state index contributed by atoms with van der Waals surface area (Å²) in [5, 5.41) is 10.4. The van der Waals surface area contributed by atoms with Crippen molar-refractivity contribution in [2.24, 2.45) is 0 Å². The molecular weight excluding hydrogens is 442 g/mol. The maximum Gasteiger partial charge on any atom is 0.263 e. The summed E-state index contributed by atoms with van der Waals surface area (Å²) in [4.78, 5) is 14.9. The zero-order valence-corrected chi connectivity index (χ0v) is 18.0. The Morgan fingerprint density at radius 2 is 1.77 bits per heavy atom. The molecular formula is C25H20BrNO3. The molecule has 0 saturated heterocycles. The van der Waals surface area contributed by atoms with Crippen LogP contribution in [0.2, 0.25) is 0 Å². The number of hydrogen-bond donors (Lipinski definition) is 1. The lowest BCUT2D eigenvalue weighted by atomic mass is 10.1. The largest absolute Gasteiger partial charge is 0.506 e. The number of phenolic OH excluding ortho intramolecular Hbond substituents is 1. The van der Waals surface area contributed by atoms with Crippen molar-refractivity contribution >= 4 is 39.3 Å². The van der Waals surface area contributed by atoms with Gasteiger partial charge in [0, 0.05) is 5.57 Å². The fourth-order valence-corrected chi connectivity index (χ4v) is 3.90. The van der Waals surface area contributed by atoms with Crippen LogP contribution in [0.1, 0.15) is 18.1 Å². The fourth-order valence-electron chi connectivity index (χ4n) is 3.39. The summed E-state index contributed by atoms with van der Waals surface area (Å²) >= 11 is 3.52. The lowest BCUT2D eigenvalue weighted by Gasteiger charge is -2.21. The second kappa shape index (κ2) is 8.59. The van der Waals surface area contributed by atoms with Crippen molar-refractivity contribution in [1.82, 2.24) is 0 Å². The first kappa shape index (κ1) is 20.0. The molecule has 3 aromatic carbocycles. The Balaban J connectivity index is 1.79. The molecule has 1 aliphatic heterocycles. The van der Waals surface area contributed by atoms with E-state index in [2.05, 4.69) is 15.9 Å². The summed E-state index contributed by atoms with van der Waals surface area (Å²) in [5.41, 5.74) is 3.47. The molecule has 4 rings (SSSR count). The van der Waals surface area contributed by atoms with Crippen molar-refractivity contribution in [2.75, 3.05) is 11.5 Å². The highest BCUT2D eigenvalue weighted by molar-refractivity contribution is 9.10. The molecule has 150 valence electrons. The Kier molecular flexibility index (Phi) is 5.72. The minimum atomic E-state index is -0.194. The Morgan fingerprint density at radius 1 is 1.03 bits per heavy atom. The maximum atomic E-state index is 13.4.